The Morgan fingerprint density at radius 2 is 1.85 bits per heavy atom. The summed E-state index contributed by atoms with van der Waals surface area (Å²) in [5, 5.41) is 0. The largest absolute Gasteiger partial charge is 0.493 e. The van der Waals surface area contributed by atoms with Crippen LogP contribution in [0.3, 0.4) is 0 Å². The number of anilines is 1. The standard InChI is InChI=1S/C14H22N2O4/c1-17-12-6-10(7-13(18-2)14(12)19-3)16-4-5-20-11(8-15)9-16/h6-7,11H,4-5,8-9,15H2,1-3H3. The van der Waals surface area contributed by atoms with E-state index in [0.717, 1.165) is 18.8 Å². The van der Waals surface area contributed by atoms with E-state index in [1.54, 1.807) is 21.3 Å². The van der Waals surface area contributed by atoms with Crippen molar-refractivity contribution in [2.75, 3.05) is 52.5 Å². The number of benzene rings is 1. The van der Waals surface area contributed by atoms with Gasteiger partial charge in [0.15, 0.2) is 11.5 Å². The van der Waals surface area contributed by atoms with E-state index in [4.69, 9.17) is 24.7 Å². The maximum Gasteiger partial charge on any atom is 0.203 e. The van der Waals surface area contributed by atoms with E-state index in [1.165, 1.54) is 0 Å². The van der Waals surface area contributed by atoms with Crippen LogP contribution in [0.15, 0.2) is 12.1 Å². The molecule has 0 radical (unpaired) electrons. The zero-order valence-corrected chi connectivity index (χ0v) is 12.2. The fourth-order valence-electron chi connectivity index (χ4n) is 2.35. The minimum Gasteiger partial charge on any atom is -0.493 e. The van der Waals surface area contributed by atoms with Crippen molar-refractivity contribution >= 4 is 5.69 Å². The Morgan fingerprint density at radius 3 is 2.35 bits per heavy atom. The maximum atomic E-state index is 5.68. The van der Waals surface area contributed by atoms with Crippen LogP contribution in [-0.2, 0) is 4.74 Å². The Morgan fingerprint density at radius 1 is 1.20 bits per heavy atom. The zero-order valence-electron chi connectivity index (χ0n) is 12.2. The topological polar surface area (TPSA) is 66.2 Å². The molecular weight excluding hydrogens is 260 g/mol. The second-order valence-corrected chi connectivity index (χ2v) is 4.56. The van der Waals surface area contributed by atoms with Crippen molar-refractivity contribution < 1.29 is 18.9 Å². The van der Waals surface area contributed by atoms with E-state index in [0.29, 0.717) is 30.4 Å². The molecule has 0 aliphatic carbocycles. The Bertz CT molecular complexity index is 428. The third-order valence-corrected chi connectivity index (χ3v) is 3.42. The molecule has 1 aromatic carbocycles. The van der Waals surface area contributed by atoms with Crippen molar-refractivity contribution in [1.29, 1.82) is 0 Å². The minimum atomic E-state index is 0.0582. The van der Waals surface area contributed by atoms with Gasteiger partial charge in [-0.25, -0.2) is 0 Å². The summed E-state index contributed by atoms with van der Waals surface area (Å²) in [5.41, 5.74) is 6.70. The zero-order chi connectivity index (χ0) is 14.5. The minimum absolute atomic E-state index is 0.0582. The van der Waals surface area contributed by atoms with Gasteiger partial charge in [-0.15, -0.1) is 0 Å². The van der Waals surface area contributed by atoms with Crippen LogP contribution in [0, 0.1) is 0 Å². The van der Waals surface area contributed by atoms with Gasteiger partial charge in [-0.05, 0) is 0 Å². The molecule has 1 aliphatic heterocycles. The summed E-state index contributed by atoms with van der Waals surface area (Å²) in [5.74, 6) is 1.90. The summed E-state index contributed by atoms with van der Waals surface area (Å²) in [6.45, 7) is 2.75. The molecular formula is C14H22N2O4. The lowest BCUT2D eigenvalue weighted by atomic mass is 10.2. The van der Waals surface area contributed by atoms with Crippen LogP contribution in [-0.4, -0.2) is 53.7 Å². The fraction of sp³-hybridized carbons (Fsp3) is 0.571. The van der Waals surface area contributed by atoms with Crippen molar-refractivity contribution in [3.8, 4) is 17.2 Å². The first-order valence-electron chi connectivity index (χ1n) is 6.60. The average Bonchev–Trinajstić information content (AvgIpc) is 2.53. The number of ether oxygens (including phenoxy) is 4. The Kier molecular flexibility index (Phi) is 4.92. The van der Waals surface area contributed by atoms with Crippen LogP contribution < -0.4 is 24.8 Å². The molecule has 1 saturated heterocycles. The fourth-order valence-corrected chi connectivity index (χ4v) is 2.35. The van der Waals surface area contributed by atoms with E-state index < -0.39 is 0 Å². The van der Waals surface area contributed by atoms with E-state index in [2.05, 4.69) is 4.90 Å². The number of nitrogens with zero attached hydrogens (tertiary/aromatic N) is 1. The first-order valence-corrected chi connectivity index (χ1v) is 6.60. The van der Waals surface area contributed by atoms with Crippen LogP contribution in [0.1, 0.15) is 0 Å². The SMILES string of the molecule is COc1cc(N2CCOC(CN)C2)cc(OC)c1OC. The van der Waals surface area contributed by atoms with E-state index in [-0.39, 0.29) is 6.10 Å². The molecule has 6 nitrogen and oxygen atoms in total. The Balaban J connectivity index is 2.31. The summed E-state index contributed by atoms with van der Waals surface area (Å²) in [7, 11) is 4.82. The highest BCUT2D eigenvalue weighted by Crippen LogP contribution is 2.41. The van der Waals surface area contributed by atoms with Crippen LogP contribution >= 0.6 is 0 Å². The molecule has 6 heteroatoms. The monoisotopic (exact) mass is 282 g/mol. The third-order valence-electron chi connectivity index (χ3n) is 3.42. The molecule has 20 heavy (non-hydrogen) atoms. The summed E-state index contributed by atoms with van der Waals surface area (Å²) in [6.07, 6.45) is 0.0582. The summed E-state index contributed by atoms with van der Waals surface area (Å²) in [4.78, 5) is 2.21. The molecule has 1 heterocycles. The lowest BCUT2D eigenvalue weighted by Gasteiger charge is -2.34. The van der Waals surface area contributed by atoms with Crippen LogP contribution in [0.5, 0.6) is 17.2 Å². The number of hydrogen-bond donors (Lipinski definition) is 1. The van der Waals surface area contributed by atoms with Gasteiger partial charge in [-0.2, -0.15) is 0 Å². The smallest absolute Gasteiger partial charge is 0.203 e. The second kappa shape index (κ2) is 6.67. The molecule has 112 valence electrons. The molecule has 1 unspecified atom stereocenters. The molecule has 0 aromatic heterocycles. The number of nitrogens with two attached hydrogens (primary N) is 1. The number of rotatable bonds is 5. The molecule has 1 aromatic rings. The number of morpholine rings is 1. The molecule has 2 rings (SSSR count). The number of methoxy groups -OCH3 is 3. The maximum absolute atomic E-state index is 5.68. The molecule has 1 fully saturated rings. The van der Waals surface area contributed by atoms with Crippen LogP contribution in [0.4, 0.5) is 5.69 Å². The van der Waals surface area contributed by atoms with E-state index in [9.17, 15) is 0 Å². The molecule has 0 saturated carbocycles. The van der Waals surface area contributed by atoms with Crippen molar-refractivity contribution in [3.05, 3.63) is 12.1 Å². The lowest BCUT2D eigenvalue weighted by molar-refractivity contribution is 0.0465. The predicted octanol–water partition coefficient (Wildman–Crippen LogP) is 0.876. The highest BCUT2D eigenvalue weighted by molar-refractivity contribution is 5.63. The normalized spacial score (nSPS) is 18.8. The van der Waals surface area contributed by atoms with Gasteiger partial charge >= 0.3 is 0 Å². The van der Waals surface area contributed by atoms with Crippen molar-refractivity contribution in [2.24, 2.45) is 5.73 Å². The molecule has 0 bridgehead atoms. The summed E-state index contributed by atoms with van der Waals surface area (Å²) >= 11 is 0. The van der Waals surface area contributed by atoms with E-state index >= 15 is 0 Å². The molecule has 0 spiro atoms. The van der Waals surface area contributed by atoms with Gasteiger partial charge in [-0.1, -0.05) is 0 Å². The molecule has 1 atom stereocenters. The quantitative estimate of drug-likeness (QED) is 0.864. The first-order chi connectivity index (χ1) is 9.73. The van der Waals surface area contributed by atoms with E-state index in [1.807, 2.05) is 12.1 Å². The Hall–Kier alpha value is -1.66. The second-order valence-electron chi connectivity index (χ2n) is 4.56. The van der Waals surface area contributed by atoms with Gasteiger partial charge in [0.2, 0.25) is 5.75 Å². The highest BCUT2D eigenvalue weighted by Gasteiger charge is 2.22. The van der Waals surface area contributed by atoms with Gasteiger partial charge < -0.3 is 29.6 Å². The van der Waals surface area contributed by atoms with Crippen molar-refractivity contribution in [3.63, 3.8) is 0 Å². The summed E-state index contributed by atoms with van der Waals surface area (Å²) < 4.78 is 21.7. The van der Waals surface area contributed by atoms with Gasteiger partial charge in [0.05, 0.1) is 34.0 Å². The van der Waals surface area contributed by atoms with Crippen LogP contribution in [0.2, 0.25) is 0 Å². The molecule has 1 aliphatic rings. The van der Waals surface area contributed by atoms with Crippen LogP contribution in [0.25, 0.3) is 0 Å². The van der Waals surface area contributed by atoms with Gasteiger partial charge in [-0.3, -0.25) is 0 Å². The predicted molar refractivity (Wildman–Crippen MR) is 77.1 cm³/mol. The third kappa shape index (κ3) is 2.91. The average molecular weight is 282 g/mol. The lowest BCUT2D eigenvalue weighted by Crippen LogP contribution is -2.45. The van der Waals surface area contributed by atoms with Crippen molar-refractivity contribution in [1.82, 2.24) is 0 Å². The van der Waals surface area contributed by atoms with Crippen molar-refractivity contribution in [2.45, 2.75) is 6.10 Å². The molecule has 2 N–H and O–H groups in total. The van der Waals surface area contributed by atoms with Gasteiger partial charge in [0, 0.05) is 37.5 Å². The van der Waals surface area contributed by atoms with Gasteiger partial charge in [0.25, 0.3) is 0 Å². The molecule has 0 amide bonds. The Labute approximate surface area is 119 Å². The summed E-state index contributed by atoms with van der Waals surface area (Å²) in [6, 6.07) is 3.89. The first kappa shape index (κ1) is 14.7. The van der Waals surface area contributed by atoms with Gasteiger partial charge in [0.1, 0.15) is 0 Å². The highest BCUT2D eigenvalue weighted by atomic mass is 16.5. The number of hydrogen-bond acceptors (Lipinski definition) is 6.